The highest BCUT2D eigenvalue weighted by Crippen LogP contribution is 2.32. The summed E-state index contributed by atoms with van der Waals surface area (Å²) in [5.74, 6) is -1.54. The molecule has 0 bridgehead atoms. The number of urea groups is 1. The van der Waals surface area contributed by atoms with Crippen molar-refractivity contribution >= 4 is 33.6 Å². The van der Waals surface area contributed by atoms with Crippen LogP contribution in [0.3, 0.4) is 0 Å². The van der Waals surface area contributed by atoms with Crippen LogP contribution in [0, 0.1) is 12.7 Å². The molecule has 1 aliphatic carbocycles. The molecule has 0 heterocycles. The molecular formula is C13H14BrFN2O3. The predicted molar refractivity (Wildman–Crippen MR) is 75.2 cm³/mol. The normalized spacial score (nSPS) is 16.1. The first-order valence-corrected chi connectivity index (χ1v) is 6.91. The third-order valence-corrected chi connectivity index (χ3v) is 4.09. The van der Waals surface area contributed by atoms with Crippen LogP contribution in [0.1, 0.15) is 24.8 Å². The Bertz CT molecular complexity index is 573. The highest BCUT2D eigenvalue weighted by Gasteiger charge is 2.45. The molecule has 108 valence electrons. The molecule has 3 N–H and O–H groups in total. The Morgan fingerprint density at radius 2 is 2.05 bits per heavy atom. The number of amides is 2. The summed E-state index contributed by atoms with van der Waals surface area (Å²) in [7, 11) is 0. The molecule has 2 amide bonds. The summed E-state index contributed by atoms with van der Waals surface area (Å²) in [5.41, 5.74) is -0.208. The second-order valence-corrected chi connectivity index (χ2v) is 5.76. The lowest BCUT2D eigenvalue weighted by atomic mass is 9.77. The van der Waals surface area contributed by atoms with Crippen LogP contribution in [-0.2, 0) is 4.79 Å². The molecule has 0 saturated heterocycles. The summed E-state index contributed by atoms with van der Waals surface area (Å²) in [6, 6.07) is 2.09. The Hall–Kier alpha value is -1.63. The van der Waals surface area contributed by atoms with Crippen LogP contribution in [0.2, 0.25) is 0 Å². The highest BCUT2D eigenvalue weighted by atomic mass is 79.9. The number of hydrogen-bond donors (Lipinski definition) is 3. The molecule has 1 aromatic carbocycles. The molecule has 1 aromatic rings. The van der Waals surface area contributed by atoms with Crippen molar-refractivity contribution in [3.63, 3.8) is 0 Å². The fourth-order valence-corrected chi connectivity index (χ4v) is 2.53. The lowest BCUT2D eigenvalue weighted by molar-refractivity contribution is -0.148. The van der Waals surface area contributed by atoms with Crippen molar-refractivity contribution in [3.05, 3.63) is 28.0 Å². The van der Waals surface area contributed by atoms with E-state index in [0.29, 0.717) is 28.6 Å². The number of nitrogens with one attached hydrogen (secondary N) is 2. The Kier molecular flexibility index (Phi) is 3.99. The minimum absolute atomic E-state index is 0.307. The first kappa shape index (κ1) is 14.8. The molecule has 0 radical (unpaired) electrons. The van der Waals surface area contributed by atoms with Crippen molar-refractivity contribution in [2.24, 2.45) is 0 Å². The zero-order chi connectivity index (χ0) is 14.9. The van der Waals surface area contributed by atoms with Crippen molar-refractivity contribution in [2.75, 3.05) is 5.32 Å². The number of aryl methyl sites for hydroxylation is 1. The molecule has 5 nitrogen and oxygen atoms in total. The van der Waals surface area contributed by atoms with Crippen LogP contribution in [0.25, 0.3) is 0 Å². The maximum atomic E-state index is 13.4. The van der Waals surface area contributed by atoms with E-state index in [2.05, 4.69) is 26.6 Å². The zero-order valence-corrected chi connectivity index (χ0v) is 12.4. The van der Waals surface area contributed by atoms with E-state index in [0.717, 1.165) is 6.42 Å². The number of carbonyl (C=O) groups excluding carboxylic acids is 1. The summed E-state index contributed by atoms with van der Waals surface area (Å²) < 4.78 is 13.7. The number of aliphatic carboxylic acids is 1. The van der Waals surface area contributed by atoms with E-state index in [1.165, 1.54) is 6.07 Å². The van der Waals surface area contributed by atoms with Gasteiger partial charge in [-0.15, -0.1) is 0 Å². The molecular weight excluding hydrogens is 331 g/mol. The largest absolute Gasteiger partial charge is 0.480 e. The SMILES string of the molecule is Cc1cc(Br)c(F)cc1NC(=O)NC1(C(=O)O)CCC1. The van der Waals surface area contributed by atoms with Gasteiger partial charge in [0.15, 0.2) is 0 Å². The van der Waals surface area contributed by atoms with Crippen molar-refractivity contribution in [1.29, 1.82) is 0 Å². The minimum Gasteiger partial charge on any atom is -0.480 e. The van der Waals surface area contributed by atoms with Crippen LogP contribution < -0.4 is 10.6 Å². The number of carboxylic acids is 1. The van der Waals surface area contributed by atoms with Gasteiger partial charge in [-0.1, -0.05) is 0 Å². The maximum absolute atomic E-state index is 13.4. The maximum Gasteiger partial charge on any atom is 0.329 e. The molecule has 2 rings (SSSR count). The van der Waals surface area contributed by atoms with Gasteiger partial charge < -0.3 is 15.7 Å². The van der Waals surface area contributed by atoms with Gasteiger partial charge in [0, 0.05) is 5.69 Å². The number of carboxylic acid groups (broad SMARTS) is 1. The Morgan fingerprint density at radius 3 is 2.55 bits per heavy atom. The molecule has 0 atom stereocenters. The number of hydrogen-bond acceptors (Lipinski definition) is 2. The number of carbonyl (C=O) groups is 2. The van der Waals surface area contributed by atoms with Crippen LogP contribution in [-0.4, -0.2) is 22.6 Å². The van der Waals surface area contributed by atoms with E-state index in [1.807, 2.05) is 0 Å². The van der Waals surface area contributed by atoms with E-state index in [9.17, 15) is 14.0 Å². The lowest BCUT2D eigenvalue weighted by Crippen LogP contribution is -2.60. The van der Waals surface area contributed by atoms with Gasteiger partial charge in [-0.2, -0.15) is 0 Å². The Morgan fingerprint density at radius 1 is 1.40 bits per heavy atom. The molecule has 0 unspecified atom stereocenters. The topological polar surface area (TPSA) is 78.4 Å². The van der Waals surface area contributed by atoms with Gasteiger partial charge in [-0.05, 0) is 59.8 Å². The van der Waals surface area contributed by atoms with Crippen molar-refractivity contribution in [3.8, 4) is 0 Å². The first-order valence-electron chi connectivity index (χ1n) is 6.12. The highest BCUT2D eigenvalue weighted by molar-refractivity contribution is 9.10. The van der Waals surface area contributed by atoms with E-state index in [1.54, 1.807) is 13.0 Å². The predicted octanol–water partition coefficient (Wildman–Crippen LogP) is 3.03. The van der Waals surface area contributed by atoms with E-state index >= 15 is 0 Å². The van der Waals surface area contributed by atoms with Crippen molar-refractivity contribution in [1.82, 2.24) is 5.32 Å². The summed E-state index contributed by atoms with van der Waals surface area (Å²) in [5, 5.41) is 14.1. The number of anilines is 1. The third kappa shape index (κ3) is 2.77. The van der Waals surface area contributed by atoms with Gasteiger partial charge in [0.1, 0.15) is 11.4 Å². The third-order valence-electron chi connectivity index (χ3n) is 3.48. The molecule has 0 aliphatic heterocycles. The molecule has 0 aromatic heterocycles. The van der Waals surface area contributed by atoms with Gasteiger partial charge in [-0.3, -0.25) is 0 Å². The van der Waals surface area contributed by atoms with E-state index in [4.69, 9.17) is 5.11 Å². The van der Waals surface area contributed by atoms with Gasteiger partial charge >= 0.3 is 12.0 Å². The van der Waals surface area contributed by atoms with Crippen molar-refractivity contribution in [2.45, 2.75) is 31.7 Å². The number of rotatable bonds is 3. The molecule has 1 saturated carbocycles. The number of benzene rings is 1. The van der Waals surface area contributed by atoms with Crippen LogP contribution in [0.15, 0.2) is 16.6 Å². The molecule has 7 heteroatoms. The summed E-state index contributed by atoms with van der Waals surface area (Å²) in [6.45, 7) is 1.72. The summed E-state index contributed by atoms with van der Waals surface area (Å²) >= 11 is 3.05. The van der Waals surface area contributed by atoms with Crippen LogP contribution in [0.4, 0.5) is 14.9 Å². The minimum atomic E-state index is -1.19. The van der Waals surface area contributed by atoms with E-state index in [-0.39, 0.29) is 0 Å². The molecule has 20 heavy (non-hydrogen) atoms. The molecule has 0 spiro atoms. The standard InChI is InChI=1S/C13H14BrFN2O3/c1-7-5-8(14)9(15)6-10(7)16-12(20)17-13(11(18)19)3-2-4-13/h5-6H,2-4H2,1H3,(H,18,19)(H2,16,17,20). The Balaban J connectivity index is 2.09. The zero-order valence-electron chi connectivity index (χ0n) is 10.8. The van der Waals surface area contributed by atoms with Gasteiger partial charge in [-0.25, -0.2) is 14.0 Å². The average molecular weight is 345 g/mol. The van der Waals surface area contributed by atoms with Crippen LogP contribution in [0.5, 0.6) is 0 Å². The average Bonchev–Trinajstić information content (AvgIpc) is 2.30. The van der Waals surface area contributed by atoms with Gasteiger partial charge in [0.2, 0.25) is 0 Å². The van der Waals surface area contributed by atoms with Gasteiger partial charge in [0.05, 0.1) is 4.47 Å². The summed E-state index contributed by atoms with van der Waals surface area (Å²) in [4.78, 5) is 23.0. The monoisotopic (exact) mass is 344 g/mol. The summed E-state index contributed by atoms with van der Waals surface area (Å²) in [6.07, 6.45) is 1.57. The second kappa shape index (κ2) is 5.40. The lowest BCUT2D eigenvalue weighted by Gasteiger charge is -2.38. The fourth-order valence-electron chi connectivity index (χ4n) is 2.07. The fraction of sp³-hybridized carbons (Fsp3) is 0.385. The first-order chi connectivity index (χ1) is 9.34. The van der Waals surface area contributed by atoms with Crippen LogP contribution >= 0.6 is 15.9 Å². The molecule has 1 fully saturated rings. The molecule has 1 aliphatic rings. The van der Waals surface area contributed by atoms with Crippen molar-refractivity contribution < 1.29 is 19.1 Å². The Labute approximate surface area is 123 Å². The van der Waals surface area contributed by atoms with Gasteiger partial charge in [0.25, 0.3) is 0 Å². The smallest absolute Gasteiger partial charge is 0.329 e. The van der Waals surface area contributed by atoms with E-state index < -0.39 is 23.4 Å². The number of halogens is 2. The quantitative estimate of drug-likeness (QED) is 0.788. The second-order valence-electron chi connectivity index (χ2n) is 4.90.